The summed E-state index contributed by atoms with van der Waals surface area (Å²) in [5, 5.41) is 1.53. The van der Waals surface area contributed by atoms with Gasteiger partial charge in [-0.1, -0.05) is 18.2 Å². The van der Waals surface area contributed by atoms with Crippen LogP contribution in [0, 0.1) is 0 Å². The zero-order chi connectivity index (χ0) is 8.10. The molecule has 1 aromatic rings. The Kier molecular flexibility index (Phi) is 2.85. The summed E-state index contributed by atoms with van der Waals surface area (Å²) in [6.07, 6.45) is 0. The molecular formula is C7H12N4. The molecule has 0 saturated carbocycles. The van der Waals surface area contributed by atoms with E-state index in [9.17, 15) is 0 Å². The van der Waals surface area contributed by atoms with E-state index in [1.807, 2.05) is 30.3 Å². The molecule has 1 rings (SSSR count). The molecule has 5 N–H and O–H groups in total. The molecule has 0 radical (unpaired) electrons. The van der Waals surface area contributed by atoms with E-state index >= 15 is 0 Å². The number of hydrazine groups is 2. The van der Waals surface area contributed by atoms with Gasteiger partial charge in [0.05, 0.1) is 12.4 Å². The summed E-state index contributed by atoms with van der Waals surface area (Å²) in [7, 11) is 0. The minimum atomic E-state index is 0.435. The summed E-state index contributed by atoms with van der Waals surface area (Å²) in [5.74, 6) is 10.7. The van der Waals surface area contributed by atoms with Crippen LogP contribution >= 0.6 is 0 Å². The Morgan fingerprint density at radius 1 is 1.27 bits per heavy atom. The van der Waals surface area contributed by atoms with Crippen molar-refractivity contribution in [1.29, 1.82) is 0 Å². The Labute approximate surface area is 65.7 Å². The number of benzene rings is 1. The monoisotopic (exact) mass is 152 g/mol. The molecule has 11 heavy (non-hydrogen) atoms. The Hall–Kier alpha value is -1.10. The number of hydrogen-bond donors (Lipinski definition) is 3. The molecule has 0 fully saturated rings. The van der Waals surface area contributed by atoms with Crippen LogP contribution in [0.4, 0.5) is 5.69 Å². The lowest BCUT2D eigenvalue weighted by Crippen LogP contribution is -2.42. The highest BCUT2D eigenvalue weighted by molar-refractivity contribution is 5.43. The van der Waals surface area contributed by atoms with Crippen molar-refractivity contribution in [3.8, 4) is 0 Å². The number of rotatable bonds is 3. The topological polar surface area (TPSA) is 67.3 Å². The second-order valence-electron chi connectivity index (χ2n) is 2.17. The molecule has 4 nitrogen and oxygen atoms in total. The third-order valence-corrected chi connectivity index (χ3v) is 1.35. The minimum absolute atomic E-state index is 0.435. The molecular weight excluding hydrogens is 140 g/mol. The van der Waals surface area contributed by atoms with Crippen LogP contribution in [-0.2, 0) is 0 Å². The third kappa shape index (κ3) is 2.19. The normalized spacial score (nSPS) is 9.64. The molecule has 0 heterocycles. The van der Waals surface area contributed by atoms with Gasteiger partial charge in [-0.2, -0.15) is 0 Å². The Bertz CT molecular complexity index is 199. The van der Waals surface area contributed by atoms with Crippen LogP contribution in [-0.4, -0.2) is 6.67 Å². The van der Waals surface area contributed by atoms with Gasteiger partial charge in [0.1, 0.15) is 0 Å². The molecule has 0 spiro atoms. The molecule has 0 aliphatic heterocycles. The number of nitrogens with one attached hydrogen (secondary N) is 1. The Morgan fingerprint density at radius 3 is 2.45 bits per heavy atom. The smallest absolute Gasteiger partial charge is 0.0959 e. The summed E-state index contributed by atoms with van der Waals surface area (Å²) in [6, 6.07) is 9.61. The third-order valence-electron chi connectivity index (χ3n) is 1.35. The number of nitrogens with zero attached hydrogens (tertiary/aromatic N) is 1. The maximum Gasteiger partial charge on any atom is 0.0959 e. The lowest BCUT2D eigenvalue weighted by Gasteiger charge is -2.16. The van der Waals surface area contributed by atoms with E-state index in [0.717, 1.165) is 5.69 Å². The maximum atomic E-state index is 5.60. The van der Waals surface area contributed by atoms with Crippen LogP contribution in [0.2, 0.25) is 0 Å². The highest BCUT2D eigenvalue weighted by Gasteiger charge is 1.95. The quantitative estimate of drug-likeness (QED) is 0.318. The maximum absolute atomic E-state index is 5.60. The second-order valence-corrected chi connectivity index (χ2v) is 2.17. The number of hydrogen-bond acceptors (Lipinski definition) is 4. The summed E-state index contributed by atoms with van der Waals surface area (Å²) in [6.45, 7) is 0.435. The van der Waals surface area contributed by atoms with Crippen LogP contribution in [0.15, 0.2) is 30.3 Å². The lowest BCUT2D eigenvalue weighted by molar-refractivity contribution is 0.691. The molecule has 0 aliphatic rings. The van der Waals surface area contributed by atoms with Gasteiger partial charge in [-0.15, -0.1) is 0 Å². The number of anilines is 1. The SMILES string of the molecule is NNCN(N)c1ccccc1. The molecule has 0 atom stereocenters. The van der Waals surface area contributed by atoms with Crippen LogP contribution in [0.3, 0.4) is 0 Å². The summed E-state index contributed by atoms with van der Waals surface area (Å²) >= 11 is 0. The Morgan fingerprint density at radius 2 is 1.91 bits per heavy atom. The molecule has 60 valence electrons. The van der Waals surface area contributed by atoms with Gasteiger partial charge in [-0.25, -0.2) is 11.3 Å². The first kappa shape index (κ1) is 8.00. The second kappa shape index (κ2) is 3.92. The van der Waals surface area contributed by atoms with Gasteiger partial charge < -0.3 is 0 Å². The number of nitrogens with two attached hydrogens (primary N) is 2. The van der Waals surface area contributed by atoms with Gasteiger partial charge in [0.2, 0.25) is 0 Å². The van der Waals surface area contributed by atoms with Gasteiger partial charge in [0, 0.05) is 0 Å². The van der Waals surface area contributed by atoms with Crippen LogP contribution in [0.25, 0.3) is 0 Å². The van der Waals surface area contributed by atoms with Crippen molar-refractivity contribution < 1.29 is 0 Å². The highest BCUT2D eigenvalue weighted by atomic mass is 15.5. The molecule has 1 aromatic carbocycles. The van der Waals surface area contributed by atoms with Crippen molar-refractivity contribution in [2.75, 3.05) is 11.7 Å². The number of para-hydroxylation sites is 1. The van der Waals surface area contributed by atoms with Crippen molar-refractivity contribution >= 4 is 5.69 Å². The van der Waals surface area contributed by atoms with E-state index in [-0.39, 0.29) is 0 Å². The molecule has 4 heteroatoms. The van der Waals surface area contributed by atoms with Crippen molar-refractivity contribution in [1.82, 2.24) is 5.43 Å². The molecule has 0 bridgehead atoms. The van der Waals surface area contributed by atoms with E-state index in [0.29, 0.717) is 6.67 Å². The van der Waals surface area contributed by atoms with Crippen molar-refractivity contribution in [3.05, 3.63) is 30.3 Å². The van der Waals surface area contributed by atoms with Gasteiger partial charge in [-0.05, 0) is 12.1 Å². The fourth-order valence-electron chi connectivity index (χ4n) is 0.809. The van der Waals surface area contributed by atoms with Crippen molar-refractivity contribution in [3.63, 3.8) is 0 Å². The molecule has 0 amide bonds. The average Bonchev–Trinajstić information content (AvgIpc) is 2.07. The highest BCUT2D eigenvalue weighted by Crippen LogP contribution is 2.07. The largest absolute Gasteiger partial charge is 0.296 e. The van der Waals surface area contributed by atoms with Crippen LogP contribution in [0.1, 0.15) is 0 Å². The van der Waals surface area contributed by atoms with Crippen LogP contribution < -0.4 is 22.1 Å². The molecule has 0 saturated heterocycles. The zero-order valence-corrected chi connectivity index (χ0v) is 6.20. The van der Waals surface area contributed by atoms with Gasteiger partial charge in [0.25, 0.3) is 0 Å². The van der Waals surface area contributed by atoms with Crippen molar-refractivity contribution in [2.24, 2.45) is 11.7 Å². The first-order chi connectivity index (χ1) is 5.34. The minimum Gasteiger partial charge on any atom is -0.296 e. The van der Waals surface area contributed by atoms with Gasteiger partial charge >= 0.3 is 0 Å². The van der Waals surface area contributed by atoms with Crippen molar-refractivity contribution in [2.45, 2.75) is 0 Å². The first-order valence-corrected chi connectivity index (χ1v) is 3.35. The molecule has 0 aliphatic carbocycles. The summed E-state index contributed by atoms with van der Waals surface area (Å²) in [5.41, 5.74) is 3.40. The fourth-order valence-corrected chi connectivity index (χ4v) is 0.809. The van der Waals surface area contributed by atoms with E-state index < -0.39 is 0 Å². The fraction of sp³-hybridized carbons (Fsp3) is 0.143. The zero-order valence-electron chi connectivity index (χ0n) is 6.20. The van der Waals surface area contributed by atoms with Gasteiger partial charge in [-0.3, -0.25) is 10.9 Å². The van der Waals surface area contributed by atoms with Gasteiger partial charge in [0.15, 0.2) is 0 Å². The average molecular weight is 152 g/mol. The van der Waals surface area contributed by atoms with E-state index in [1.54, 1.807) is 0 Å². The molecule has 0 aromatic heterocycles. The lowest BCUT2D eigenvalue weighted by atomic mass is 10.3. The van der Waals surface area contributed by atoms with E-state index in [2.05, 4.69) is 5.43 Å². The standard InChI is InChI=1S/C7H12N4/c8-10-6-11(9)7-4-2-1-3-5-7/h1-5,10H,6,8-9H2. The first-order valence-electron chi connectivity index (χ1n) is 3.35. The predicted molar refractivity (Wildman–Crippen MR) is 45.3 cm³/mol. The summed E-state index contributed by atoms with van der Waals surface area (Å²) < 4.78 is 0. The Balaban J connectivity index is 2.61. The predicted octanol–water partition coefficient (Wildman–Crippen LogP) is -0.212. The van der Waals surface area contributed by atoms with Crippen LogP contribution in [0.5, 0.6) is 0 Å². The van der Waals surface area contributed by atoms with E-state index in [4.69, 9.17) is 11.7 Å². The summed E-state index contributed by atoms with van der Waals surface area (Å²) in [4.78, 5) is 0. The van der Waals surface area contributed by atoms with E-state index in [1.165, 1.54) is 5.01 Å². The molecule has 0 unspecified atom stereocenters.